The first-order valence-electron chi connectivity index (χ1n) is 6.12. The van der Waals surface area contributed by atoms with Gasteiger partial charge < -0.3 is 0 Å². The lowest BCUT2D eigenvalue weighted by molar-refractivity contribution is 0.297. The molecular formula is C15H30. The number of rotatable bonds is 3. The topological polar surface area (TPSA) is 0 Å². The van der Waals surface area contributed by atoms with Crippen LogP contribution >= 0.6 is 0 Å². The minimum atomic E-state index is 0.305. The molecule has 0 nitrogen and oxygen atoms in total. The molecule has 0 heteroatoms. The van der Waals surface area contributed by atoms with Crippen LogP contribution in [0.5, 0.6) is 0 Å². The third kappa shape index (κ3) is 10.0. The van der Waals surface area contributed by atoms with Crippen LogP contribution in [-0.4, -0.2) is 0 Å². The fourth-order valence-corrected chi connectivity index (χ4v) is 1.26. The molecule has 0 aliphatic heterocycles. The Bertz CT molecular complexity index is 205. The van der Waals surface area contributed by atoms with Crippen LogP contribution in [0.25, 0.3) is 0 Å². The monoisotopic (exact) mass is 210 g/mol. The Morgan fingerprint density at radius 2 is 1.13 bits per heavy atom. The molecule has 0 heterocycles. The predicted octanol–water partition coefficient (Wildman–Crippen LogP) is 5.44. The summed E-state index contributed by atoms with van der Waals surface area (Å²) in [5.74, 6) is 0. The Balaban J connectivity index is 4.26. The lowest BCUT2D eigenvalue weighted by Gasteiger charge is -2.27. The largest absolute Gasteiger partial charge is 0.0826 e. The first-order chi connectivity index (χ1) is 6.41. The molecule has 0 amide bonds. The summed E-state index contributed by atoms with van der Waals surface area (Å²) < 4.78 is 0. The van der Waals surface area contributed by atoms with Gasteiger partial charge in [0.05, 0.1) is 0 Å². The van der Waals surface area contributed by atoms with E-state index in [-0.39, 0.29) is 0 Å². The van der Waals surface area contributed by atoms with Gasteiger partial charge in [-0.25, -0.2) is 0 Å². The molecule has 0 fully saturated rings. The highest BCUT2D eigenvalue weighted by molar-refractivity contribution is 5.00. The van der Waals surface area contributed by atoms with Crippen LogP contribution in [0, 0.1) is 16.2 Å². The first-order valence-corrected chi connectivity index (χ1v) is 6.12. The predicted molar refractivity (Wildman–Crippen MR) is 71.1 cm³/mol. The maximum absolute atomic E-state index is 2.39. The van der Waals surface area contributed by atoms with Crippen LogP contribution in [0.4, 0.5) is 0 Å². The summed E-state index contributed by atoms with van der Waals surface area (Å²) in [6.07, 6.45) is 7.28. The Morgan fingerprint density at radius 1 is 0.667 bits per heavy atom. The molecule has 0 N–H and O–H groups in total. The van der Waals surface area contributed by atoms with Crippen LogP contribution in [0.3, 0.4) is 0 Å². The normalized spacial score (nSPS) is 14.9. The maximum Gasteiger partial charge on any atom is -0.0174 e. The van der Waals surface area contributed by atoms with Crippen molar-refractivity contribution in [3.8, 4) is 0 Å². The molecule has 0 spiro atoms. The van der Waals surface area contributed by atoms with E-state index in [1.165, 1.54) is 12.8 Å². The summed E-state index contributed by atoms with van der Waals surface area (Å²) in [6, 6.07) is 0. The van der Waals surface area contributed by atoms with Crippen LogP contribution in [-0.2, 0) is 0 Å². The summed E-state index contributed by atoms with van der Waals surface area (Å²) in [6.45, 7) is 18.4. The van der Waals surface area contributed by atoms with Crippen LogP contribution in [0.15, 0.2) is 12.2 Å². The zero-order valence-electron chi connectivity index (χ0n) is 12.1. The zero-order valence-corrected chi connectivity index (χ0v) is 12.1. The smallest absolute Gasteiger partial charge is 0.0174 e. The number of allylic oxidation sites excluding steroid dienone is 2. The van der Waals surface area contributed by atoms with E-state index in [1.807, 2.05) is 0 Å². The van der Waals surface area contributed by atoms with Gasteiger partial charge in [0.1, 0.15) is 0 Å². The molecule has 15 heavy (non-hydrogen) atoms. The molecule has 0 aliphatic rings. The fourth-order valence-electron chi connectivity index (χ4n) is 1.26. The van der Waals surface area contributed by atoms with Gasteiger partial charge in [0, 0.05) is 0 Å². The Morgan fingerprint density at radius 3 is 1.47 bits per heavy atom. The Kier molecular flexibility index (Phi) is 4.64. The van der Waals surface area contributed by atoms with E-state index in [2.05, 4.69) is 67.5 Å². The molecule has 0 saturated heterocycles. The maximum atomic E-state index is 2.39. The minimum absolute atomic E-state index is 0.305. The van der Waals surface area contributed by atoms with Gasteiger partial charge in [-0.1, -0.05) is 67.5 Å². The molecule has 0 bridgehead atoms. The molecule has 0 unspecified atom stereocenters. The van der Waals surface area contributed by atoms with Gasteiger partial charge in [-0.05, 0) is 29.1 Å². The molecule has 0 aromatic rings. The van der Waals surface area contributed by atoms with E-state index >= 15 is 0 Å². The summed E-state index contributed by atoms with van der Waals surface area (Å²) in [5.41, 5.74) is 1.09. The van der Waals surface area contributed by atoms with Gasteiger partial charge in [0.25, 0.3) is 0 Å². The van der Waals surface area contributed by atoms with E-state index in [0.29, 0.717) is 16.2 Å². The quantitative estimate of drug-likeness (QED) is 0.544. The van der Waals surface area contributed by atoms with Crippen molar-refractivity contribution in [2.24, 2.45) is 16.2 Å². The number of hydrogen-bond acceptors (Lipinski definition) is 0. The van der Waals surface area contributed by atoms with Gasteiger partial charge in [0.2, 0.25) is 0 Å². The van der Waals surface area contributed by atoms with E-state index in [0.717, 1.165) is 0 Å². The van der Waals surface area contributed by atoms with Crippen molar-refractivity contribution in [1.29, 1.82) is 0 Å². The molecule has 0 radical (unpaired) electrons. The van der Waals surface area contributed by atoms with Crippen molar-refractivity contribution in [2.75, 3.05) is 0 Å². The van der Waals surface area contributed by atoms with Gasteiger partial charge in [-0.15, -0.1) is 0 Å². The van der Waals surface area contributed by atoms with Gasteiger partial charge >= 0.3 is 0 Å². The molecule has 0 atom stereocenters. The van der Waals surface area contributed by atoms with Crippen molar-refractivity contribution in [1.82, 2.24) is 0 Å². The zero-order chi connectivity index (χ0) is 12.3. The standard InChI is InChI=1S/C15H30/c1-13(2,3)9-11-15(7,8)12-10-14(4,5)6/h9,11H,10,12H2,1-8H3. The Hall–Kier alpha value is -0.260. The second-order valence-electron chi connectivity index (χ2n) is 7.75. The molecule has 0 saturated carbocycles. The average Bonchev–Trinajstić information content (AvgIpc) is 1.96. The minimum Gasteiger partial charge on any atom is -0.0826 e. The van der Waals surface area contributed by atoms with Crippen molar-refractivity contribution in [3.63, 3.8) is 0 Å². The van der Waals surface area contributed by atoms with Crippen LogP contribution in [0.1, 0.15) is 68.2 Å². The SMILES string of the molecule is CC(C)(C)C=CC(C)(C)CCC(C)(C)C. The second kappa shape index (κ2) is 4.72. The molecule has 0 rings (SSSR count). The summed E-state index contributed by atoms with van der Waals surface area (Å²) in [7, 11) is 0. The van der Waals surface area contributed by atoms with Crippen molar-refractivity contribution < 1.29 is 0 Å². The molecular weight excluding hydrogens is 180 g/mol. The molecule has 90 valence electrons. The van der Waals surface area contributed by atoms with Gasteiger partial charge in [0.15, 0.2) is 0 Å². The third-order valence-corrected chi connectivity index (χ3v) is 2.55. The van der Waals surface area contributed by atoms with E-state index in [1.54, 1.807) is 0 Å². The first kappa shape index (κ1) is 14.7. The average molecular weight is 210 g/mol. The Labute approximate surface area is 97.2 Å². The summed E-state index contributed by atoms with van der Waals surface area (Å²) >= 11 is 0. The van der Waals surface area contributed by atoms with Crippen LogP contribution < -0.4 is 0 Å². The fraction of sp³-hybridized carbons (Fsp3) is 0.867. The number of hydrogen-bond donors (Lipinski definition) is 0. The highest BCUT2D eigenvalue weighted by Gasteiger charge is 2.19. The van der Waals surface area contributed by atoms with Crippen molar-refractivity contribution >= 4 is 0 Å². The van der Waals surface area contributed by atoms with E-state index in [4.69, 9.17) is 0 Å². The van der Waals surface area contributed by atoms with Crippen molar-refractivity contribution in [2.45, 2.75) is 68.2 Å². The molecule has 0 aliphatic carbocycles. The van der Waals surface area contributed by atoms with Gasteiger partial charge in [-0.3, -0.25) is 0 Å². The van der Waals surface area contributed by atoms with Crippen LogP contribution in [0.2, 0.25) is 0 Å². The molecule has 0 aromatic heterocycles. The van der Waals surface area contributed by atoms with E-state index in [9.17, 15) is 0 Å². The molecule has 0 aromatic carbocycles. The summed E-state index contributed by atoms with van der Waals surface area (Å²) in [5, 5.41) is 0. The third-order valence-electron chi connectivity index (χ3n) is 2.55. The lowest BCUT2D eigenvalue weighted by atomic mass is 9.79. The lowest BCUT2D eigenvalue weighted by Crippen LogP contribution is -2.14. The summed E-state index contributed by atoms with van der Waals surface area (Å²) in [4.78, 5) is 0. The van der Waals surface area contributed by atoms with Crippen molar-refractivity contribution in [3.05, 3.63) is 12.2 Å². The highest BCUT2D eigenvalue weighted by Crippen LogP contribution is 2.32. The van der Waals surface area contributed by atoms with Gasteiger partial charge in [-0.2, -0.15) is 0 Å². The second-order valence-corrected chi connectivity index (χ2v) is 7.75. The highest BCUT2D eigenvalue weighted by atomic mass is 14.2. The van der Waals surface area contributed by atoms with E-state index < -0.39 is 0 Å².